The van der Waals surface area contributed by atoms with Crippen molar-refractivity contribution in [3.8, 4) is 5.75 Å². The van der Waals surface area contributed by atoms with Gasteiger partial charge in [0.15, 0.2) is 6.10 Å². The average molecular weight is 510 g/mol. The van der Waals surface area contributed by atoms with Crippen LogP contribution in [0.25, 0.3) is 10.9 Å². The fourth-order valence-electron chi connectivity index (χ4n) is 3.67. The van der Waals surface area contributed by atoms with Crippen LogP contribution in [0.5, 0.6) is 5.75 Å². The highest BCUT2D eigenvalue weighted by Gasteiger charge is 2.45. The van der Waals surface area contributed by atoms with Crippen LogP contribution >= 0.6 is 0 Å². The van der Waals surface area contributed by atoms with Gasteiger partial charge in [0.25, 0.3) is 11.1 Å². The third-order valence-corrected chi connectivity index (χ3v) is 5.65. The van der Waals surface area contributed by atoms with Crippen LogP contribution in [-0.4, -0.2) is 50.6 Å². The van der Waals surface area contributed by atoms with Crippen molar-refractivity contribution in [1.29, 1.82) is 0 Å². The predicted octanol–water partition coefficient (Wildman–Crippen LogP) is 0.972. The lowest BCUT2D eigenvalue weighted by Crippen LogP contribution is -2.53. The first kappa shape index (κ1) is 26.7. The second-order valence-corrected chi connectivity index (χ2v) is 8.53. The zero-order chi connectivity index (χ0) is 26.8. The maximum absolute atomic E-state index is 12.9. The number of carbonyl (C=O) groups excluding carboxylic acids is 1. The third-order valence-electron chi connectivity index (χ3n) is 5.65. The van der Waals surface area contributed by atoms with Gasteiger partial charge in [0.1, 0.15) is 17.8 Å². The average Bonchev–Trinajstić information content (AvgIpc) is 2.81. The van der Waals surface area contributed by atoms with E-state index in [0.717, 1.165) is 15.3 Å². The highest BCUT2D eigenvalue weighted by molar-refractivity contribution is 5.78. The minimum Gasteiger partial charge on any atom is -0.497 e. The van der Waals surface area contributed by atoms with Crippen molar-refractivity contribution < 1.29 is 27.8 Å². The molecule has 0 spiro atoms. The van der Waals surface area contributed by atoms with E-state index in [9.17, 15) is 37.5 Å². The maximum Gasteiger partial charge on any atom is 0.416 e. The van der Waals surface area contributed by atoms with Crippen LogP contribution in [0.15, 0.2) is 50.9 Å². The maximum atomic E-state index is 12.9. The van der Waals surface area contributed by atoms with E-state index in [2.05, 4.69) is 10.3 Å². The molecule has 0 bridgehead atoms. The van der Waals surface area contributed by atoms with Crippen LogP contribution in [0.2, 0.25) is 0 Å². The number of pyridine rings is 1. The molecule has 0 aliphatic carbocycles. The number of aliphatic hydroxyl groups is 1. The molecule has 13 heteroatoms. The summed E-state index contributed by atoms with van der Waals surface area (Å²) in [6.07, 6.45) is -6.62. The number of ether oxygens (including phenoxy) is 1. The summed E-state index contributed by atoms with van der Waals surface area (Å²) < 4.78 is 45.6. The minimum atomic E-state index is -4.95. The van der Waals surface area contributed by atoms with Crippen LogP contribution in [-0.2, 0) is 17.9 Å². The van der Waals surface area contributed by atoms with E-state index in [-0.39, 0.29) is 17.4 Å². The topological polar surface area (TPSA) is 135 Å². The number of aromatic amines is 1. The SMILES string of the molecule is COc1ccc(Cn2c(=O)[nH]c3c(=O)n(CC(=O)NC(C(C)C)C(O)C(F)(F)F)ccc3c2=O)cc1. The number of nitrogens with zero attached hydrogens (tertiary/aromatic N) is 2. The Morgan fingerprint density at radius 1 is 1.11 bits per heavy atom. The van der Waals surface area contributed by atoms with Gasteiger partial charge in [-0.25, -0.2) is 4.79 Å². The first-order chi connectivity index (χ1) is 16.8. The molecule has 2 atom stereocenters. The molecular weight excluding hydrogens is 485 g/mol. The molecule has 194 valence electrons. The molecule has 1 amide bonds. The summed E-state index contributed by atoms with van der Waals surface area (Å²) in [6.45, 7) is 2.02. The van der Waals surface area contributed by atoms with Crippen molar-refractivity contribution in [3.05, 3.63) is 73.3 Å². The molecular formula is C23H25F3N4O6. The van der Waals surface area contributed by atoms with Gasteiger partial charge in [0, 0.05) is 6.20 Å². The molecule has 0 aliphatic heterocycles. The van der Waals surface area contributed by atoms with Crippen molar-refractivity contribution in [2.45, 2.75) is 45.3 Å². The summed E-state index contributed by atoms with van der Waals surface area (Å²) in [5.41, 5.74) is -2.18. The minimum absolute atomic E-state index is 0.0717. The van der Waals surface area contributed by atoms with E-state index < -0.39 is 53.5 Å². The van der Waals surface area contributed by atoms with Gasteiger partial charge in [-0.15, -0.1) is 0 Å². The molecule has 10 nitrogen and oxygen atoms in total. The molecule has 36 heavy (non-hydrogen) atoms. The van der Waals surface area contributed by atoms with Gasteiger partial charge in [-0.1, -0.05) is 26.0 Å². The third kappa shape index (κ3) is 5.67. The number of methoxy groups -OCH3 is 1. The number of benzene rings is 1. The first-order valence-corrected chi connectivity index (χ1v) is 10.9. The lowest BCUT2D eigenvalue weighted by molar-refractivity contribution is -0.215. The molecule has 2 heterocycles. The number of amides is 1. The summed E-state index contributed by atoms with van der Waals surface area (Å²) >= 11 is 0. The second-order valence-electron chi connectivity index (χ2n) is 8.53. The Bertz CT molecular complexity index is 1420. The monoisotopic (exact) mass is 510 g/mol. The Labute approximate surface area is 201 Å². The van der Waals surface area contributed by atoms with E-state index in [1.807, 2.05) is 0 Å². The van der Waals surface area contributed by atoms with Crippen molar-refractivity contribution in [3.63, 3.8) is 0 Å². The highest BCUT2D eigenvalue weighted by Crippen LogP contribution is 2.25. The zero-order valence-corrected chi connectivity index (χ0v) is 19.6. The standard InChI is InChI=1S/C23H25F3N4O6/c1-12(2)17(19(32)23(24,25)26)27-16(31)11-29-9-8-15-18(21(29)34)28-22(35)30(20(15)33)10-13-4-6-14(36-3)7-5-13/h4-9,12,17,19,32H,10-11H2,1-3H3,(H,27,31)(H,28,35). The molecule has 2 aromatic heterocycles. The van der Waals surface area contributed by atoms with E-state index in [0.29, 0.717) is 11.3 Å². The Hall–Kier alpha value is -3.87. The van der Waals surface area contributed by atoms with Crippen LogP contribution in [0.3, 0.4) is 0 Å². The molecule has 0 fully saturated rings. The van der Waals surface area contributed by atoms with Gasteiger partial charge < -0.3 is 24.7 Å². The molecule has 0 radical (unpaired) electrons. The summed E-state index contributed by atoms with van der Waals surface area (Å²) in [5, 5.41) is 11.6. The van der Waals surface area contributed by atoms with E-state index in [1.54, 1.807) is 24.3 Å². The van der Waals surface area contributed by atoms with E-state index in [1.165, 1.54) is 27.0 Å². The number of hydrogen-bond donors (Lipinski definition) is 3. The first-order valence-electron chi connectivity index (χ1n) is 10.9. The molecule has 0 saturated heterocycles. The summed E-state index contributed by atoms with van der Waals surface area (Å²) in [4.78, 5) is 53.1. The van der Waals surface area contributed by atoms with Crippen LogP contribution in [0.4, 0.5) is 13.2 Å². The lowest BCUT2D eigenvalue weighted by Gasteiger charge is -2.28. The molecule has 3 aromatic rings. The largest absolute Gasteiger partial charge is 0.497 e. The van der Waals surface area contributed by atoms with Crippen molar-refractivity contribution in [1.82, 2.24) is 19.4 Å². The van der Waals surface area contributed by atoms with Gasteiger partial charge in [-0.2, -0.15) is 13.2 Å². The van der Waals surface area contributed by atoms with Crippen molar-refractivity contribution in [2.24, 2.45) is 5.92 Å². The number of nitrogens with one attached hydrogen (secondary N) is 2. The summed E-state index contributed by atoms with van der Waals surface area (Å²) in [5.74, 6) is -1.14. The van der Waals surface area contributed by atoms with Crippen LogP contribution < -0.4 is 26.9 Å². The van der Waals surface area contributed by atoms with Gasteiger partial charge in [-0.3, -0.25) is 19.0 Å². The second kappa shape index (κ2) is 10.4. The van der Waals surface area contributed by atoms with Crippen molar-refractivity contribution in [2.75, 3.05) is 7.11 Å². The fraction of sp³-hybridized carbons (Fsp3) is 0.391. The van der Waals surface area contributed by atoms with E-state index in [4.69, 9.17) is 4.74 Å². The van der Waals surface area contributed by atoms with Crippen molar-refractivity contribution >= 4 is 16.8 Å². The summed E-state index contributed by atoms with van der Waals surface area (Å²) in [7, 11) is 1.50. The molecule has 3 rings (SSSR count). The predicted molar refractivity (Wildman–Crippen MR) is 124 cm³/mol. The van der Waals surface area contributed by atoms with Gasteiger partial charge in [0.2, 0.25) is 5.91 Å². The number of carbonyl (C=O) groups is 1. The number of fused-ring (bicyclic) bond motifs is 1. The lowest BCUT2D eigenvalue weighted by atomic mass is 9.98. The number of H-pyrrole nitrogens is 1. The molecule has 0 saturated carbocycles. The number of aliphatic hydroxyl groups excluding tert-OH is 1. The van der Waals surface area contributed by atoms with Gasteiger partial charge in [0.05, 0.1) is 25.1 Å². The van der Waals surface area contributed by atoms with Gasteiger partial charge >= 0.3 is 11.9 Å². The Kier molecular flexibility index (Phi) is 7.72. The summed E-state index contributed by atoms with van der Waals surface area (Å²) in [6, 6.07) is 6.26. The molecule has 0 aliphatic rings. The quantitative estimate of drug-likeness (QED) is 0.413. The zero-order valence-electron chi connectivity index (χ0n) is 19.6. The fourth-order valence-corrected chi connectivity index (χ4v) is 3.67. The van der Waals surface area contributed by atoms with Crippen LogP contribution in [0, 0.1) is 5.92 Å². The van der Waals surface area contributed by atoms with Crippen LogP contribution in [0.1, 0.15) is 19.4 Å². The normalized spacial score (nSPS) is 13.6. The number of halogens is 3. The Balaban J connectivity index is 1.89. The number of rotatable bonds is 8. The molecule has 3 N–H and O–H groups in total. The smallest absolute Gasteiger partial charge is 0.416 e. The number of hydrogen-bond acceptors (Lipinski definition) is 6. The molecule has 2 unspecified atom stereocenters. The van der Waals surface area contributed by atoms with Gasteiger partial charge in [-0.05, 0) is 29.7 Å². The number of aromatic nitrogens is 3. The van der Waals surface area contributed by atoms with E-state index >= 15 is 0 Å². The number of alkyl halides is 3. The Morgan fingerprint density at radius 3 is 2.31 bits per heavy atom. The highest BCUT2D eigenvalue weighted by atomic mass is 19.4. The molecule has 1 aromatic carbocycles. The Morgan fingerprint density at radius 2 is 1.75 bits per heavy atom.